The van der Waals surface area contributed by atoms with Crippen LogP contribution in [0.5, 0.6) is 5.75 Å². The molecule has 0 aliphatic carbocycles. The average Bonchev–Trinajstić information content (AvgIpc) is 2.49. The van der Waals surface area contributed by atoms with Crippen LogP contribution in [0.3, 0.4) is 0 Å². The second kappa shape index (κ2) is 6.53. The molecule has 1 aromatic heterocycles. The van der Waals surface area contributed by atoms with Gasteiger partial charge in [-0.3, -0.25) is 0 Å². The molecule has 0 aliphatic heterocycles. The first-order valence-electron chi connectivity index (χ1n) is 6.46. The van der Waals surface area contributed by atoms with Crippen molar-refractivity contribution >= 4 is 5.82 Å². The molecular weight excluding hydrogens is 252 g/mol. The van der Waals surface area contributed by atoms with E-state index in [4.69, 9.17) is 10.00 Å². The number of anilines is 1. The average molecular weight is 268 g/mol. The summed E-state index contributed by atoms with van der Waals surface area (Å²) >= 11 is 0. The Labute approximate surface area is 118 Å². The van der Waals surface area contributed by atoms with Gasteiger partial charge in [0.1, 0.15) is 17.6 Å². The van der Waals surface area contributed by atoms with Crippen LogP contribution in [0.4, 0.5) is 5.82 Å². The third-order valence-corrected chi connectivity index (χ3v) is 2.83. The van der Waals surface area contributed by atoms with Crippen molar-refractivity contribution in [1.82, 2.24) is 10.2 Å². The molecule has 0 saturated heterocycles. The fraction of sp³-hybridized carbons (Fsp3) is 0.267. The number of hydrogen-bond acceptors (Lipinski definition) is 5. The summed E-state index contributed by atoms with van der Waals surface area (Å²) in [5, 5.41) is 19.7. The molecule has 0 saturated carbocycles. The van der Waals surface area contributed by atoms with Gasteiger partial charge in [0.25, 0.3) is 0 Å². The summed E-state index contributed by atoms with van der Waals surface area (Å²) in [4.78, 5) is 0. The van der Waals surface area contributed by atoms with Gasteiger partial charge in [-0.25, -0.2) is 0 Å². The van der Waals surface area contributed by atoms with Gasteiger partial charge in [0.15, 0.2) is 5.69 Å². The number of nitrogens with zero attached hydrogens (tertiary/aromatic N) is 3. The van der Waals surface area contributed by atoms with E-state index in [-0.39, 0.29) is 6.04 Å². The van der Waals surface area contributed by atoms with Crippen LogP contribution in [0.25, 0.3) is 0 Å². The van der Waals surface area contributed by atoms with E-state index in [0.29, 0.717) is 18.1 Å². The maximum Gasteiger partial charge on any atom is 0.163 e. The Hall–Kier alpha value is -2.61. The van der Waals surface area contributed by atoms with E-state index in [1.807, 2.05) is 44.2 Å². The molecule has 0 aliphatic rings. The molecule has 1 heterocycles. The highest BCUT2D eigenvalue weighted by molar-refractivity contribution is 5.39. The zero-order valence-corrected chi connectivity index (χ0v) is 11.5. The summed E-state index contributed by atoms with van der Waals surface area (Å²) in [5.41, 5.74) is 1.43. The SMILES string of the molecule is CCOc1ccc(C(C)Nc2ccc(C#N)nn2)cc1. The molecule has 5 heteroatoms. The highest BCUT2D eigenvalue weighted by Crippen LogP contribution is 2.20. The highest BCUT2D eigenvalue weighted by Gasteiger charge is 2.06. The standard InChI is InChI=1S/C15H16N4O/c1-3-20-14-7-4-12(5-8-14)11(2)17-15-9-6-13(10-16)18-19-15/h4-9,11H,3H2,1-2H3,(H,17,19). The maximum atomic E-state index is 8.67. The lowest BCUT2D eigenvalue weighted by molar-refractivity contribution is 0.340. The minimum atomic E-state index is 0.0907. The van der Waals surface area contributed by atoms with E-state index in [2.05, 4.69) is 15.5 Å². The van der Waals surface area contributed by atoms with Gasteiger partial charge in [-0.2, -0.15) is 5.26 Å². The molecule has 0 spiro atoms. The van der Waals surface area contributed by atoms with E-state index < -0.39 is 0 Å². The zero-order chi connectivity index (χ0) is 14.4. The lowest BCUT2D eigenvalue weighted by Gasteiger charge is -2.15. The van der Waals surface area contributed by atoms with E-state index in [1.165, 1.54) is 0 Å². The summed E-state index contributed by atoms with van der Waals surface area (Å²) in [5.74, 6) is 1.51. The first kappa shape index (κ1) is 13.8. The molecule has 5 nitrogen and oxygen atoms in total. The highest BCUT2D eigenvalue weighted by atomic mass is 16.5. The predicted molar refractivity (Wildman–Crippen MR) is 76.4 cm³/mol. The van der Waals surface area contributed by atoms with Crippen molar-refractivity contribution < 1.29 is 4.74 Å². The molecule has 1 aromatic carbocycles. The van der Waals surface area contributed by atoms with Crippen molar-refractivity contribution in [3.05, 3.63) is 47.7 Å². The lowest BCUT2D eigenvalue weighted by atomic mass is 10.1. The number of benzene rings is 1. The summed E-state index contributed by atoms with van der Waals surface area (Å²) in [7, 11) is 0. The number of aromatic nitrogens is 2. The maximum absolute atomic E-state index is 8.67. The van der Waals surface area contributed by atoms with Crippen molar-refractivity contribution in [3.63, 3.8) is 0 Å². The smallest absolute Gasteiger partial charge is 0.163 e. The van der Waals surface area contributed by atoms with Gasteiger partial charge in [0, 0.05) is 0 Å². The molecule has 0 fully saturated rings. The van der Waals surface area contributed by atoms with Crippen LogP contribution in [-0.4, -0.2) is 16.8 Å². The molecule has 102 valence electrons. The van der Waals surface area contributed by atoms with Crippen LogP contribution in [0.2, 0.25) is 0 Å². The summed E-state index contributed by atoms with van der Waals surface area (Å²) in [6.45, 7) is 4.66. The Balaban J connectivity index is 2.03. The second-order valence-corrected chi connectivity index (χ2v) is 4.28. The molecule has 0 bridgehead atoms. The van der Waals surface area contributed by atoms with E-state index in [9.17, 15) is 0 Å². The van der Waals surface area contributed by atoms with E-state index in [1.54, 1.807) is 12.1 Å². The predicted octanol–water partition coefficient (Wildman–Crippen LogP) is 2.92. The Morgan fingerprint density at radius 1 is 1.20 bits per heavy atom. The van der Waals surface area contributed by atoms with Crippen molar-refractivity contribution in [2.45, 2.75) is 19.9 Å². The largest absolute Gasteiger partial charge is 0.494 e. The fourth-order valence-electron chi connectivity index (χ4n) is 1.79. The Kier molecular flexibility index (Phi) is 4.51. The van der Waals surface area contributed by atoms with Gasteiger partial charge in [-0.15, -0.1) is 10.2 Å². The van der Waals surface area contributed by atoms with Crippen molar-refractivity contribution in [3.8, 4) is 11.8 Å². The number of nitriles is 1. The molecule has 2 rings (SSSR count). The molecule has 1 N–H and O–H groups in total. The zero-order valence-electron chi connectivity index (χ0n) is 11.5. The molecular formula is C15H16N4O. The number of hydrogen-bond donors (Lipinski definition) is 1. The van der Waals surface area contributed by atoms with Crippen LogP contribution < -0.4 is 10.1 Å². The molecule has 2 aromatic rings. The number of rotatable bonds is 5. The minimum absolute atomic E-state index is 0.0907. The molecule has 1 unspecified atom stereocenters. The third kappa shape index (κ3) is 3.45. The van der Waals surface area contributed by atoms with Crippen LogP contribution >= 0.6 is 0 Å². The summed E-state index contributed by atoms with van der Waals surface area (Å²) < 4.78 is 5.41. The normalized spacial score (nSPS) is 11.4. The van der Waals surface area contributed by atoms with E-state index in [0.717, 1.165) is 11.3 Å². The van der Waals surface area contributed by atoms with Crippen LogP contribution in [-0.2, 0) is 0 Å². The molecule has 0 radical (unpaired) electrons. The van der Waals surface area contributed by atoms with Gasteiger partial charge in [-0.1, -0.05) is 12.1 Å². The molecule has 20 heavy (non-hydrogen) atoms. The number of ether oxygens (including phenoxy) is 1. The van der Waals surface area contributed by atoms with Crippen molar-refractivity contribution in [2.24, 2.45) is 0 Å². The first-order valence-corrected chi connectivity index (χ1v) is 6.46. The Morgan fingerprint density at radius 2 is 1.95 bits per heavy atom. The van der Waals surface area contributed by atoms with Gasteiger partial charge in [-0.05, 0) is 43.7 Å². The second-order valence-electron chi connectivity index (χ2n) is 4.28. The number of nitrogens with one attached hydrogen (secondary N) is 1. The van der Waals surface area contributed by atoms with Crippen LogP contribution in [0.1, 0.15) is 31.1 Å². The fourth-order valence-corrected chi connectivity index (χ4v) is 1.79. The third-order valence-electron chi connectivity index (χ3n) is 2.83. The summed E-state index contributed by atoms with van der Waals surface area (Å²) in [6.07, 6.45) is 0. The topological polar surface area (TPSA) is 70.8 Å². The van der Waals surface area contributed by atoms with Crippen molar-refractivity contribution in [1.29, 1.82) is 5.26 Å². The Morgan fingerprint density at radius 3 is 2.50 bits per heavy atom. The van der Waals surface area contributed by atoms with Gasteiger partial charge in [0.05, 0.1) is 12.6 Å². The first-order chi connectivity index (χ1) is 9.72. The van der Waals surface area contributed by atoms with Gasteiger partial charge >= 0.3 is 0 Å². The van der Waals surface area contributed by atoms with Gasteiger partial charge in [0.2, 0.25) is 0 Å². The van der Waals surface area contributed by atoms with Crippen LogP contribution in [0, 0.1) is 11.3 Å². The van der Waals surface area contributed by atoms with Gasteiger partial charge < -0.3 is 10.1 Å². The summed E-state index contributed by atoms with van der Waals surface area (Å²) in [6, 6.07) is 13.3. The van der Waals surface area contributed by atoms with E-state index >= 15 is 0 Å². The monoisotopic (exact) mass is 268 g/mol. The molecule has 0 amide bonds. The lowest BCUT2D eigenvalue weighted by Crippen LogP contribution is -2.08. The minimum Gasteiger partial charge on any atom is -0.494 e. The van der Waals surface area contributed by atoms with Crippen LogP contribution in [0.15, 0.2) is 36.4 Å². The Bertz CT molecular complexity index is 587. The molecule has 1 atom stereocenters. The van der Waals surface area contributed by atoms with Crippen molar-refractivity contribution in [2.75, 3.05) is 11.9 Å². The quantitative estimate of drug-likeness (QED) is 0.902.